The second-order valence-corrected chi connectivity index (χ2v) is 9.36. The number of unbranched alkanes of at least 4 members (excludes halogenated alkanes) is 12. The van der Waals surface area contributed by atoms with Crippen LogP contribution in [0.3, 0.4) is 0 Å². The van der Waals surface area contributed by atoms with Crippen LogP contribution in [0.25, 0.3) is 0 Å². The molecule has 1 aromatic rings. The molecule has 1 aromatic heterocycles. The first kappa shape index (κ1) is 28.4. The third-order valence-corrected chi connectivity index (χ3v) is 6.48. The van der Waals surface area contributed by atoms with Gasteiger partial charge in [-0.2, -0.15) is 4.98 Å². The van der Waals surface area contributed by atoms with Gasteiger partial charge in [-0.25, -0.2) is 4.79 Å². The Balaban J connectivity index is 1.58. The Bertz CT molecular complexity index is 772. The minimum absolute atomic E-state index is 0.169. The van der Waals surface area contributed by atoms with Gasteiger partial charge < -0.3 is 26.0 Å². The van der Waals surface area contributed by atoms with E-state index in [-0.39, 0.29) is 11.7 Å². The summed E-state index contributed by atoms with van der Waals surface area (Å²) in [5.74, 6) is 0.00377. The van der Waals surface area contributed by atoms with Gasteiger partial charge >= 0.3 is 5.69 Å². The molecule has 0 saturated carbocycles. The molecule has 0 aromatic carbocycles. The lowest BCUT2D eigenvalue weighted by molar-refractivity contribution is -0.116. The monoisotopic (exact) mass is 480 g/mol. The zero-order valence-corrected chi connectivity index (χ0v) is 20.7. The number of amides is 1. The lowest BCUT2D eigenvalue weighted by atomic mass is 10.0. The Morgan fingerprint density at radius 1 is 1.06 bits per heavy atom. The smallest absolute Gasteiger partial charge is 0.351 e. The highest BCUT2D eigenvalue weighted by Gasteiger charge is 2.42. The number of nitrogens with two attached hydrogens (primary N) is 1. The number of ether oxygens (including phenoxy) is 1. The van der Waals surface area contributed by atoms with Gasteiger partial charge in [0.1, 0.15) is 18.0 Å². The summed E-state index contributed by atoms with van der Waals surface area (Å²) in [6, 6.07) is 0.630. The number of hydrogen-bond acceptors (Lipinski definition) is 7. The number of nitrogens with one attached hydrogen (secondary N) is 1. The summed E-state index contributed by atoms with van der Waals surface area (Å²) >= 11 is 0. The number of rotatable bonds is 17. The summed E-state index contributed by atoms with van der Waals surface area (Å²) in [6.45, 7) is 1.85. The second kappa shape index (κ2) is 16.0. The molecule has 4 unspecified atom stereocenters. The summed E-state index contributed by atoms with van der Waals surface area (Å²) in [7, 11) is 0. The predicted molar refractivity (Wildman–Crippen MR) is 132 cm³/mol. The Hall–Kier alpha value is -1.81. The molecular weight excluding hydrogens is 436 g/mol. The van der Waals surface area contributed by atoms with E-state index in [1.165, 1.54) is 76.5 Å². The van der Waals surface area contributed by atoms with E-state index in [4.69, 9.17) is 10.5 Å². The maximum absolute atomic E-state index is 12.4. The van der Waals surface area contributed by atoms with Crippen LogP contribution in [-0.4, -0.2) is 50.5 Å². The van der Waals surface area contributed by atoms with Crippen molar-refractivity contribution in [3.05, 3.63) is 22.7 Å². The number of aromatic nitrogens is 2. The number of aliphatic hydroxyl groups is 2. The van der Waals surface area contributed by atoms with Crippen LogP contribution in [-0.2, 0) is 9.53 Å². The van der Waals surface area contributed by atoms with Crippen molar-refractivity contribution in [3.63, 3.8) is 0 Å². The van der Waals surface area contributed by atoms with Crippen molar-refractivity contribution in [3.8, 4) is 0 Å². The van der Waals surface area contributed by atoms with Gasteiger partial charge in [0, 0.05) is 12.6 Å². The fourth-order valence-electron chi connectivity index (χ4n) is 4.35. The largest absolute Gasteiger partial charge is 0.394 e. The van der Waals surface area contributed by atoms with E-state index in [0.29, 0.717) is 6.42 Å². The first-order valence-corrected chi connectivity index (χ1v) is 13.1. The molecule has 34 heavy (non-hydrogen) atoms. The Morgan fingerprint density at radius 2 is 1.62 bits per heavy atom. The van der Waals surface area contributed by atoms with Crippen molar-refractivity contribution in [2.45, 2.75) is 121 Å². The minimum Gasteiger partial charge on any atom is -0.394 e. The molecule has 0 aliphatic carbocycles. The van der Waals surface area contributed by atoms with Crippen molar-refractivity contribution in [1.29, 1.82) is 0 Å². The summed E-state index contributed by atoms with van der Waals surface area (Å²) in [5, 5.41) is 21.9. The van der Waals surface area contributed by atoms with Gasteiger partial charge in [-0.15, -0.1) is 0 Å². The summed E-state index contributed by atoms with van der Waals surface area (Å²) in [5.41, 5.74) is 5.26. The van der Waals surface area contributed by atoms with Gasteiger partial charge in [0.2, 0.25) is 5.91 Å². The van der Waals surface area contributed by atoms with Crippen molar-refractivity contribution in [2.24, 2.45) is 5.73 Å². The maximum Gasteiger partial charge on any atom is 0.351 e. The lowest BCUT2D eigenvalue weighted by Crippen LogP contribution is -2.42. The maximum atomic E-state index is 12.4. The van der Waals surface area contributed by atoms with Crippen LogP contribution < -0.4 is 16.7 Å². The first-order valence-electron chi connectivity index (χ1n) is 13.1. The van der Waals surface area contributed by atoms with Gasteiger partial charge in [-0.05, 0) is 12.5 Å². The zero-order chi connectivity index (χ0) is 24.8. The second-order valence-electron chi connectivity index (χ2n) is 9.36. The SMILES string of the molecule is CCCCCCCCCCCCCCCC(=O)Nc1ccn(C2OC(CO)C(O)C2N)c(=O)n1. The fraction of sp³-hybridized carbons (Fsp3) is 0.800. The molecule has 1 aliphatic heterocycles. The Kier molecular flexibility index (Phi) is 13.4. The van der Waals surface area contributed by atoms with Crippen molar-refractivity contribution < 1.29 is 19.7 Å². The van der Waals surface area contributed by atoms with E-state index >= 15 is 0 Å². The van der Waals surface area contributed by atoms with Crippen LogP contribution in [0.15, 0.2) is 17.1 Å². The molecule has 2 rings (SSSR count). The molecule has 4 atom stereocenters. The predicted octanol–water partition coefficient (Wildman–Crippen LogP) is 3.24. The molecular formula is C25H44N4O5. The van der Waals surface area contributed by atoms with E-state index in [0.717, 1.165) is 23.8 Å². The van der Waals surface area contributed by atoms with Crippen LogP contribution in [0.2, 0.25) is 0 Å². The number of nitrogens with zero attached hydrogens (tertiary/aromatic N) is 2. The normalized spacial score (nSPS) is 22.2. The number of hydrogen-bond donors (Lipinski definition) is 4. The fourth-order valence-corrected chi connectivity index (χ4v) is 4.35. The van der Waals surface area contributed by atoms with E-state index in [1.807, 2.05) is 0 Å². The molecule has 1 fully saturated rings. The highest BCUT2D eigenvalue weighted by molar-refractivity contribution is 5.89. The number of carbonyl (C=O) groups is 1. The van der Waals surface area contributed by atoms with Crippen LogP contribution in [0.4, 0.5) is 5.82 Å². The molecule has 1 saturated heterocycles. The van der Waals surface area contributed by atoms with Crippen LogP contribution in [0.5, 0.6) is 0 Å². The molecule has 5 N–H and O–H groups in total. The number of anilines is 1. The topological polar surface area (TPSA) is 140 Å². The van der Waals surface area contributed by atoms with Crippen molar-refractivity contribution in [1.82, 2.24) is 9.55 Å². The standard InChI is InChI=1S/C25H44N4O5/c1-2-3-4-5-6-7-8-9-10-11-12-13-14-15-21(31)27-20-16-17-29(25(33)28-20)24-22(26)23(32)19(18-30)34-24/h16-17,19,22-24,30,32H,2-15,18,26H2,1H3,(H,27,28,31,33). The van der Waals surface area contributed by atoms with E-state index in [1.54, 1.807) is 0 Å². The van der Waals surface area contributed by atoms with Gasteiger partial charge in [0.25, 0.3) is 0 Å². The highest BCUT2D eigenvalue weighted by atomic mass is 16.5. The molecule has 0 radical (unpaired) electrons. The molecule has 1 amide bonds. The Labute approximate surface area is 203 Å². The molecule has 0 bridgehead atoms. The highest BCUT2D eigenvalue weighted by Crippen LogP contribution is 2.26. The van der Waals surface area contributed by atoms with Crippen molar-refractivity contribution >= 4 is 11.7 Å². The van der Waals surface area contributed by atoms with E-state index in [2.05, 4.69) is 17.2 Å². The van der Waals surface area contributed by atoms with Gasteiger partial charge in [0.05, 0.1) is 12.6 Å². The van der Waals surface area contributed by atoms with Crippen LogP contribution in [0.1, 0.15) is 103 Å². The average Bonchev–Trinajstić information content (AvgIpc) is 3.10. The average molecular weight is 481 g/mol. The molecule has 194 valence electrons. The molecule has 2 heterocycles. The number of carbonyl (C=O) groups excluding carboxylic acids is 1. The lowest BCUT2D eigenvalue weighted by Gasteiger charge is -2.18. The summed E-state index contributed by atoms with van der Waals surface area (Å²) in [4.78, 5) is 28.4. The van der Waals surface area contributed by atoms with Crippen LogP contribution in [0, 0.1) is 0 Å². The third kappa shape index (κ3) is 9.44. The quantitative estimate of drug-likeness (QED) is 0.251. The summed E-state index contributed by atoms with van der Waals surface area (Å²) in [6.07, 6.45) is 15.2. The van der Waals surface area contributed by atoms with Gasteiger partial charge in [-0.1, -0.05) is 84.0 Å². The zero-order valence-electron chi connectivity index (χ0n) is 20.7. The Morgan fingerprint density at radius 3 is 2.12 bits per heavy atom. The van der Waals surface area contributed by atoms with E-state index < -0.39 is 36.8 Å². The first-order chi connectivity index (χ1) is 16.5. The van der Waals surface area contributed by atoms with Crippen molar-refractivity contribution in [2.75, 3.05) is 11.9 Å². The molecule has 0 spiro atoms. The molecule has 9 heteroatoms. The summed E-state index contributed by atoms with van der Waals surface area (Å²) < 4.78 is 6.62. The van der Waals surface area contributed by atoms with Gasteiger partial charge in [-0.3, -0.25) is 9.36 Å². The van der Waals surface area contributed by atoms with E-state index in [9.17, 15) is 19.8 Å². The van der Waals surface area contributed by atoms with Gasteiger partial charge in [0.15, 0.2) is 6.23 Å². The molecule has 9 nitrogen and oxygen atoms in total. The number of aliphatic hydroxyl groups excluding tert-OH is 2. The third-order valence-electron chi connectivity index (χ3n) is 6.48. The molecule has 1 aliphatic rings. The van der Waals surface area contributed by atoms with Crippen LogP contribution >= 0.6 is 0 Å². The minimum atomic E-state index is -1.08.